The fourth-order valence-corrected chi connectivity index (χ4v) is 5.10. The molecule has 1 aromatic heterocycles. The summed E-state index contributed by atoms with van der Waals surface area (Å²) in [7, 11) is 0. The number of benzene rings is 3. The van der Waals surface area contributed by atoms with Crippen LogP contribution in [0.5, 0.6) is 0 Å². The number of carbonyl (C=O) groups is 2. The molecule has 39 heavy (non-hydrogen) atoms. The van der Waals surface area contributed by atoms with Crippen LogP contribution in [0.15, 0.2) is 78.9 Å². The Kier molecular flexibility index (Phi) is 6.74. The van der Waals surface area contributed by atoms with Gasteiger partial charge in [0.2, 0.25) is 0 Å². The van der Waals surface area contributed by atoms with E-state index in [4.69, 9.17) is 15.6 Å². The predicted molar refractivity (Wildman–Crippen MR) is 149 cm³/mol. The summed E-state index contributed by atoms with van der Waals surface area (Å²) in [6.07, 6.45) is -1.02. The van der Waals surface area contributed by atoms with Crippen LogP contribution < -0.4 is 11.1 Å². The number of carbonyl (C=O) groups excluding carboxylic acids is 1. The van der Waals surface area contributed by atoms with Crippen molar-refractivity contribution in [2.75, 3.05) is 19.8 Å². The topological polar surface area (TPSA) is 119 Å². The highest BCUT2D eigenvalue weighted by Crippen LogP contribution is 2.35. The molecule has 0 bridgehead atoms. The van der Waals surface area contributed by atoms with Gasteiger partial charge in [0.05, 0.1) is 24.3 Å². The Bertz CT molecular complexity index is 1500. The van der Waals surface area contributed by atoms with Gasteiger partial charge in [-0.1, -0.05) is 74.5 Å². The molecule has 1 fully saturated rings. The third-order valence-electron chi connectivity index (χ3n) is 7.75. The molecule has 8 nitrogen and oxygen atoms in total. The van der Waals surface area contributed by atoms with Crippen LogP contribution in [0.1, 0.15) is 46.7 Å². The number of ether oxygens (including phenoxy) is 1. The minimum Gasteiger partial charge on any atom is -0.465 e. The van der Waals surface area contributed by atoms with Gasteiger partial charge < -0.3 is 20.9 Å². The molecule has 1 aliphatic rings. The number of amides is 2. The molecule has 2 amide bonds. The summed E-state index contributed by atoms with van der Waals surface area (Å²) in [5.74, 6) is -0.543. The Morgan fingerprint density at radius 1 is 0.974 bits per heavy atom. The van der Waals surface area contributed by atoms with E-state index in [-0.39, 0.29) is 16.5 Å². The number of hydrogen-bond acceptors (Lipinski definition) is 4. The van der Waals surface area contributed by atoms with E-state index < -0.39 is 12.0 Å². The van der Waals surface area contributed by atoms with E-state index in [2.05, 4.69) is 84.9 Å². The van der Waals surface area contributed by atoms with Gasteiger partial charge in [-0.15, -0.1) is 0 Å². The average molecular weight is 525 g/mol. The summed E-state index contributed by atoms with van der Waals surface area (Å²) in [5, 5.41) is 15.8. The van der Waals surface area contributed by atoms with E-state index in [1.807, 2.05) is 19.1 Å². The molecular weight excluding hydrogens is 492 g/mol. The molecule has 5 rings (SSSR count). The molecule has 4 aromatic rings. The quantitative estimate of drug-likeness (QED) is 0.306. The zero-order valence-electron chi connectivity index (χ0n) is 22.3. The van der Waals surface area contributed by atoms with Crippen LogP contribution in [0.2, 0.25) is 0 Å². The number of aryl methyl sites for hydroxylation is 1. The first-order valence-corrected chi connectivity index (χ1v) is 12.8. The minimum absolute atomic E-state index is 0.230. The molecule has 2 heterocycles. The standard InChI is InChI=1S/C31H32N4O4/c1-20-16-27(28(32)36)34-35(20)26-14-12-24(13-15-26)30(2,3)23-8-4-21(5-9-23)22-6-10-25(11-7-22)31(18-39-19-31)17-33-29(37)38/h4-16,33H,17-19H2,1-3H3,(H2,32,36)(H,37,38). The summed E-state index contributed by atoms with van der Waals surface area (Å²) < 4.78 is 7.13. The van der Waals surface area contributed by atoms with E-state index in [1.165, 1.54) is 5.56 Å². The third kappa shape index (κ3) is 5.03. The van der Waals surface area contributed by atoms with Crippen LogP contribution >= 0.6 is 0 Å². The highest BCUT2D eigenvalue weighted by Gasteiger charge is 2.40. The van der Waals surface area contributed by atoms with Gasteiger partial charge in [0, 0.05) is 17.7 Å². The molecule has 0 atom stereocenters. The van der Waals surface area contributed by atoms with E-state index in [0.29, 0.717) is 19.8 Å². The lowest BCUT2D eigenvalue weighted by atomic mass is 9.77. The Morgan fingerprint density at radius 2 is 1.51 bits per heavy atom. The highest BCUT2D eigenvalue weighted by molar-refractivity contribution is 5.90. The number of nitrogens with zero attached hydrogens (tertiary/aromatic N) is 2. The molecule has 0 spiro atoms. The Labute approximate surface area is 227 Å². The van der Waals surface area contributed by atoms with E-state index in [1.54, 1.807) is 10.7 Å². The normalized spacial score (nSPS) is 14.4. The molecule has 0 aliphatic carbocycles. The number of hydrogen-bond donors (Lipinski definition) is 3. The Balaban J connectivity index is 1.32. The zero-order valence-corrected chi connectivity index (χ0v) is 22.3. The summed E-state index contributed by atoms with van der Waals surface area (Å²) in [6, 6.07) is 26.7. The van der Waals surface area contributed by atoms with Gasteiger partial charge in [0.15, 0.2) is 5.69 Å². The van der Waals surface area contributed by atoms with Crippen molar-refractivity contribution in [3.63, 3.8) is 0 Å². The number of primary amides is 1. The molecule has 1 saturated heterocycles. The van der Waals surface area contributed by atoms with Crippen molar-refractivity contribution in [3.8, 4) is 16.8 Å². The van der Waals surface area contributed by atoms with Crippen molar-refractivity contribution in [1.82, 2.24) is 15.1 Å². The smallest absolute Gasteiger partial charge is 0.404 e. The first-order valence-electron chi connectivity index (χ1n) is 12.8. The van der Waals surface area contributed by atoms with E-state index >= 15 is 0 Å². The van der Waals surface area contributed by atoms with Crippen molar-refractivity contribution in [1.29, 1.82) is 0 Å². The second kappa shape index (κ2) is 10.0. The highest BCUT2D eigenvalue weighted by atomic mass is 16.5. The van der Waals surface area contributed by atoms with Crippen molar-refractivity contribution >= 4 is 12.0 Å². The maximum absolute atomic E-state index is 11.5. The monoisotopic (exact) mass is 524 g/mol. The first kappa shape index (κ1) is 26.2. The number of rotatable bonds is 8. The molecule has 0 saturated carbocycles. The fraction of sp³-hybridized carbons (Fsp3) is 0.258. The lowest BCUT2D eigenvalue weighted by molar-refractivity contribution is -0.0582. The van der Waals surface area contributed by atoms with Crippen molar-refractivity contribution in [3.05, 3.63) is 107 Å². The lowest BCUT2D eigenvalue weighted by Gasteiger charge is -2.41. The van der Waals surface area contributed by atoms with Crippen LogP contribution in [-0.2, 0) is 15.6 Å². The van der Waals surface area contributed by atoms with Crippen molar-refractivity contribution in [2.24, 2.45) is 5.73 Å². The Morgan fingerprint density at radius 3 is 1.97 bits per heavy atom. The average Bonchev–Trinajstić information content (AvgIpc) is 3.30. The largest absolute Gasteiger partial charge is 0.465 e. The second-order valence-corrected chi connectivity index (χ2v) is 10.7. The van der Waals surface area contributed by atoms with Gasteiger partial charge in [-0.25, -0.2) is 9.48 Å². The van der Waals surface area contributed by atoms with Gasteiger partial charge in [-0.2, -0.15) is 5.10 Å². The van der Waals surface area contributed by atoms with Gasteiger partial charge in [0.25, 0.3) is 5.91 Å². The van der Waals surface area contributed by atoms with E-state index in [9.17, 15) is 9.59 Å². The summed E-state index contributed by atoms with van der Waals surface area (Å²) in [4.78, 5) is 22.5. The van der Waals surface area contributed by atoms with Crippen LogP contribution in [0, 0.1) is 6.92 Å². The summed E-state index contributed by atoms with van der Waals surface area (Å²) >= 11 is 0. The predicted octanol–water partition coefficient (Wildman–Crippen LogP) is 4.81. The minimum atomic E-state index is -1.02. The molecule has 200 valence electrons. The molecular formula is C31H32N4O4. The summed E-state index contributed by atoms with van der Waals surface area (Å²) in [6.45, 7) is 7.63. The molecule has 8 heteroatoms. The summed E-state index contributed by atoms with van der Waals surface area (Å²) in [5.41, 5.74) is 12.4. The molecule has 1 aliphatic heterocycles. The zero-order chi connectivity index (χ0) is 27.8. The van der Waals surface area contributed by atoms with Gasteiger partial charge in [-0.05, 0) is 52.9 Å². The van der Waals surface area contributed by atoms with Gasteiger partial charge >= 0.3 is 6.09 Å². The number of nitrogens with two attached hydrogens (primary N) is 1. The SMILES string of the molecule is Cc1cc(C(N)=O)nn1-c1ccc(C(C)(C)c2ccc(-c3ccc(C4(CNC(=O)O)COC4)cc3)cc2)cc1. The number of carboxylic acid groups (broad SMARTS) is 1. The molecule has 3 aromatic carbocycles. The van der Waals surface area contributed by atoms with Gasteiger partial charge in [-0.3, -0.25) is 4.79 Å². The van der Waals surface area contributed by atoms with E-state index in [0.717, 1.165) is 33.6 Å². The third-order valence-corrected chi connectivity index (χ3v) is 7.75. The maximum Gasteiger partial charge on any atom is 0.404 e. The number of nitrogens with one attached hydrogen (secondary N) is 1. The van der Waals surface area contributed by atoms with Crippen molar-refractivity contribution < 1.29 is 19.4 Å². The molecule has 0 radical (unpaired) electrons. The van der Waals surface area contributed by atoms with Crippen LogP contribution in [0.3, 0.4) is 0 Å². The molecule has 4 N–H and O–H groups in total. The first-order chi connectivity index (χ1) is 18.6. The van der Waals surface area contributed by atoms with Crippen molar-refractivity contribution in [2.45, 2.75) is 31.6 Å². The van der Waals surface area contributed by atoms with Gasteiger partial charge in [0.1, 0.15) is 0 Å². The van der Waals surface area contributed by atoms with Crippen LogP contribution in [0.25, 0.3) is 16.8 Å². The maximum atomic E-state index is 11.5. The molecule has 0 unspecified atom stereocenters. The second-order valence-electron chi connectivity index (χ2n) is 10.7. The number of aromatic nitrogens is 2. The van der Waals surface area contributed by atoms with Crippen LogP contribution in [-0.4, -0.2) is 46.6 Å². The Hall–Kier alpha value is -4.43. The fourth-order valence-electron chi connectivity index (χ4n) is 5.10. The lowest BCUT2D eigenvalue weighted by Crippen LogP contribution is -2.54. The van der Waals surface area contributed by atoms with Crippen LogP contribution in [0.4, 0.5) is 4.79 Å².